The van der Waals surface area contributed by atoms with Gasteiger partial charge < -0.3 is 5.11 Å². The molecule has 1 aliphatic carbocycles. The van der Waals surface area contributed by atoms with Crippen LogP contribution >= 0.6 is 11.3 Å². The summed E-state index contributed by atoms with van der Waals surface area (Å²) < 4.78 is 16.4. The van der Waals surface area contributed by atoms with Crippen LogP contribution < -0.4 is 14.9 Å². The van der Waals surface area contributed by atoms with Gasteiger partial charge in [0.2, 0.25) is 0 Å². The van der Waals surface area contributed by atoms with Gasteiger partial charge in [-0.15, -0.1) is 0 Å². The maximum absolute atomic E-state index is 14.3. The molecule has 0 saturated carbocycles. The smallest absolute Gasteiger partial charge is 0.335 e. The summed E-state index contributed by atoms with van der Waals surface area (Å²) in [4.78, 5) is 30.3. The lowest BCUT2D eigenvalue weighted by Crippen LogP contribution is -2.38. The maximum atomic E-state index is 14.3. The minimum absolute atomic E-state index is 0.182. The van der Waals surface area contributed by atoms with Gasteiger partial charge in [0.05, 0.1) is 21.8 Å². The summed E-state index contributed by atoms with van der Waals surface area (Å²) in [5, 5.41) is 9.14. The molecule has 6 rings (SSSR count). The van der Waals surface area contributed by atoms with Crippen molar-refractivity contribution in [2.24, 2.45) is 4.99 Å². The van der Waals surface area contributed by atoms with E-state index in [0.717, 1.165) is 35.2 Å². The molecule has 1 atom stereocenters. The van der Waals surface area contributed by atoms with E-state index in [0.29, 0.717) is 14.9 Å². The summed E-state index contributed by atoms with van der Waals surface area (Å²) in [7, 11) is 0. The molecular formula is C28H19FN2O3S. The van der Waals surface area contributed by atoms with Crippen LogP contribution in [-0.4, -0.2) is 15.6 Å². The second kappa shape index (κ2) is 8.29. The molecule has 0 fully saturated rings. The zero-order valence-corrected chi connectivity index (χ0v) is 19.3. The van der Waals surface area contributed by atoms with Crippen molar-refractivity contribution >= 4 is 29.1 Å². The molecule has 0 radical (unpaired) electrons. The number of rotatable bonds is 3. The molecule has 7 heteroatoms. The fourth-order valence-electron chi connectivity index (χ4n) is 4.87. The highest BCUT2D eigenvalue weighted by Crippen LogP contribution is 2.41. The number of carboxylic acids is 1. The third-order valence-electron chi connectivity index (χ3n) is 6.49. The van der Waals surface area contributed by atoms with E-state index in [9.17, 15) is 14.0 Å². The van der Waals surface area contributed by atoms with E-state index in [-0.39, 0.29) is 16.9 Å². The summed E-state index contributed by atoms with van der Waals surface area (Å²) in [6.07, 6.45) is 3.31. The number of fused-ring (bicyclic) bond motifs is 3. The SMILES string of the molecule is O=C(O)c1ccc(/C=c2\sc3n(c2=O)[C@H](c2cccc(F)c2)C2=C(N=3)c3ccccc3CC2)cc1. The van der Waals surface area contributed by atoms with Crippen LogP contribution in [0.5, 0.6) is 0 Å². The number of thiazole rings is 1. The molecule has 1 aliphatic heterocycles. The van der Waals surface area contributed by atoms with Gasteiger partial charge in [0.15, 0.2) is 4.80 Å². The van der Waals surface area contributed by atoms with Crippen LogP contribution in [0.25, 0.3) is 11.8 Å². The van der Waals surface area contributed by atoms with Crippen LogP contribution in [0.15, 0.2) is 88.2 Å². The molecule has 0 amide bonds. The molecule has 172 valence electrons. The summed E-state index contributed by atoms with van der Waals surface area (Å²) >= 11 is 1.28. The molecule has 0 unspecified atom stereocenters. The van der Waals surface area contributed by atoms with E-state index in [4.69, 9.17) is 10.1 Å². The Labute approximate surface area is 203 Å². The van der Waals surface area contributed by atoms with E-state index in [1.807, 2.05) is 24.3 Å². The highest BCUT2D eigenvalue weighted by molar-refractivity contribution is 7.07. The highest BCUT2D eigenvalue weighted by Gasteiger charge is 2.32. The van der Waals surface area contributed by atoms with Gasteiger partial charge in [0.1, 0.15) is 5.82 Å². The molecule has 1 N–H and O–H groups in total. The number of hydrogen-bond donors (Lipinski definition) is 1. The van der Waals surface area contributed by atoms with Gasteiger partial charge >= 0.3 is 5.97 Å². The molecule has 1 aromatic heterocycles. The monoisotopic (exact) mass is 482 g/mol. The van der Waals surface area contributed by atoms with Crippen molar-refractivity contribution < 1.29 is 14.3 Å². The zero-order chi connectivity index (χ0) is 24.1. The average molecular weight is 483 g/mol. The molecular weight excluding hydrogens is 463 g/mol. The van der Waals surface area contributed by atoms with Gasteiger partial charge in [0.25, 0.3) is 5.56 Å². The molecule has 5 nitrogen and oxygen atoms in total. The number of benzene rings is 3. The summed E-state index contributed by atoms with van der Waals surface area (Å²) in [5.41, 5.74) is 5.56. The minimum atomic E-state index is -1.00. The summed E-state index contributed by atoms with van der Waals surface area (Å²) in [5.74, 6) is -1.35. The quantitative estimate of drug-likeness (QED) is 0.477. The van der Waals surface area contributed by atoms with Crippen LogP contribution in [0.1, 0.15) is 45.1 Å². The fraction of sp³-hybridized carbons (Fsp3) is 0.107. The number of carbonyl (C=O) groups is 1. The van der Waals surface area contributed by atoms with Gasteiger partial charge in [-0.2, -0.15) is 0 Å². The first-order chi connectivity index (χ1) is 17.0. The van der Waals surface area contributed by atoms with Crippen molar-refractivity contribution in [1.29, 1.82) is 0 Å². The standard InChI is InChI=1S/C28H19FN2O3S/c29-20-6-3-5-19(15-20)25-22-13-12-17-4-1-2-7-21(17)24(22)30-28-31(25)26(32)23(35-28)14-16-8-10-18(11-9-16)27(33)34/h1-11,14-15,25H,12-13H2,(H,33,34)/b23-14-/t25-/m1/s1. The van der Waals surface area contributed by atoms with Crippen molar-refractivity contribution in [3.63, 3.8) is 0 Å². The summed E-state index contributed by atoms with van der Waals surface area (Å²) in [6, 6.07) is 20.5. The van der Waals surface area contributed by atoms with Crippen molar-refractivity contribution in [2.45, 2.75) is 18.9 Å². The number of aromatic carboxylic acids is 1. The highest BCUT2D eigenvalue weighted by atomic mass is 32.1. The first kappa shape index (κ1) is 21.4. The third kappa shape index (κ3) is 3.65. The molecule has 2 aliphatic rings. The van der Waals surface area contributed by atoms with Crippen LogP contribution in [0.4, 0.5) is 4.39 Å². The predicted octanol–water partition coefficient (Wildman–Crippen LogP) is 4.16. The fourth-order valence-corrected chi connectivity index (χ4v) is 5.87. The second-order valence-corrected chi connectivity index (χ2v) is 9.60. The van der Waals surface area contributed by atoms with Crippen LogP contribution in [0.2, 0.25) is 0 Å². The van der Waals surface area contributed by atoms with Crippen LogP contribution in [0, 0.1) is 5.82 Å². The first-order valence-corrected chi connectivity index (χ1v) is 12.0. The van der Waals surface area contributed by atoms with Gasteiger partial charge in [-0.3, -0.25) is 9.36 Å². The van der Waals surface area contributed by atoms with Crippen LogP contribution in [-0.2, 0) is 6.42 Å². The van der Waals surface area contributed by atoms with Crippen molar-refractivity contribution in [3.05, 3.63) is 132 Å². The van der Waals surface area contributed by atoms with E-state index in [1.165, 1.54) is 41.2 Å². The van der Waals surface area contributed by atoms with Gasteiger partial charge in [-0.25, -0.2) is 14.2 Å². The predicted molar refractivity (Wildman–Crippen MR) is 133 cm³/mol. The molecule has 0 bridgehead atoms. The first-order valence-electron chi connectivity index (χ1n) is 11.2. The summed E-state index contributed by atoms with van der Waals surface area (Å²) in [6.45, 7) is 0. The number of carboxylic acid groups (broad SMARTS) is 1. The third-order valence-corrected chi connectivity index (χ3v) is 7.48. The number of nitrogens with zero attached hydrogens (tertiary/aromatic N) is 2. The lowest BCUT2D eigenvalue weighted by molar-refractivity contribution is 0.0697. The van der Waals surface area contributed by atoms with Gasteiger partial charge in [-0.05, 0) is 65.4 Å². The number of aromatic nitrogens is 1. The largest absolute Gasteiger partial charge is 0.478 e. The lowest BCUT2D eigenvalue weighted by Gasteiger charge is -2.30. The maximum Gasteiger partial charge on any atom is 0.335 e. The topological polar surface area (TPSA) is 71.7 Å². The molecule has 0 spiro atoms. The number of aryl methyl sites for hydroxylation is 1. The van der Waals surface area contributed by atoms with Crippen molar-refractivity contribution in [1.82, 2.24) is 4.57 Å². The van der Waals surface area contributed by atoms with Gasteiger partial charge in [0, 0.05) is 5.56 Å². The van der Waals surface area contributed by atoms with Gasteiger partial charge in [-0.1, -0.05) is 59.9 Å². The van der Waals surface area contributed by atoms with Crippen molar-refractivity contribution in [3.8, 4) is 0 Å². The Hall–Kier alpha value is -4.10. The normalized spacial score (nSPS) is 16.8. The minimum Gasteiger partial charge on any atom is -0.478 e. The zero-order valence-electron chi connectivity index (χ0n) is 18.4. The van der Waals surface area contributed by atoms with E-state index >= 15 is 0 Å². The number of halogens is 1. The van der Waals surface area contributed by atoms with Crippen LogP contribution in [0.3, 0.4) is 0 Å². The lowest BCUT2D eigenvalue weighted by atomic mass is 9.83. The Morgan fingerprint density at radius 3 is 2.63 bits per heavy atom. The Bertz CT molecular complexity index is 1710. The number of allylic oxidation sites excluding steroid dienone is 1. The number of hydrogen-bond acceptors (Lipinski definition) is 4. The second-order valence-electron chi connectivity index (χ2n) is 8.60. The van der Waals surface area contributed by atoms with E-state index in [1.54, 1.807) is 28.8 Å². The molecule has 3 aromatic carbocycles. The van der Waals surface area contributed by atoms with Crippen molar-refractivity contribution in [2.75, 3.05) is 0 Å². The Balaban J connectivity index is 1.58. The Morgan fingerprint density at radius 2 is 1.86 bits per heavy atom. The molecule has 35 heavy (non-hydrogen) atoms. The Kier molecular flexibility index (Phi) is 5.07. The van der Waals surface area contributed by atoms with E-state index in [2.05, 4.69) is 6.07 Å². The Morgan fingerprint density at radius 1 is 1.06 bits per heavy atom. The molecule has 4 aromatic rings. The van der Waals surface area contributed by atoms with E-state index < -0.39 is 12.0 Å². The molecule has 0 saturated heterocycles. The molecule has 2 heterocycles. The average Bonchev–Trinajstić information content (AvgIpc) is 3.17.